The predicted molar refractivity (Wildman–Crippen MR) is 130 cm³/mol. The second-order valence-electron chi connectivity index (χ2n) is 9.59. The van der Waals surface area contributed by atoms with Crippen LogP contribution in [0.3, 0.4) is 0 Å². The third kappa shape index (κ3) is 6.34. The van der Waals surface area contributed by atoms with E-state index in [0.29, 0.717) is 17.8 Å². The largest absolute Gasteiger partial charge is 0.507 e. The number of halogens is 1. The Morgan fingerprint density at radius 1 is 1.22 bits per heavy atom. The number of allylic oxidation sites excluding steroid dienone is 4. The van der Waals surface area contributed by atoms with Gasteiger partial charge in [0.05, 0.1) is 17.7 Å². The Balaban J connectivity index is 2.15. The van der Waals surface area contributed by atoms with Crippen molar-refractivity contribution >= 4 is 11.8 Å². The number of phenols is 1. The van der Waals surface area contributed by atoms with Crippen LogP contribution < -0.4 is 0 Å². The molecule has 1 N–H and O–H groups in total. The standard InChI is InChI=1S/C28H39FO3/c1-7-8-9-10-11-17-32-27(31)22-14-15-23(24(30)18-22)26(29)21(4)20(3)25-19(2)13-12-16-28(25,5)6/h14-15,18,30H,3,7-13,16-17H2,1-2,4-6H3/b26-21-. The molecule has 0 aromatic heterocycles. The average molecular weight is 443 g/mol. The molecular formula is C28H39FO3. The fraction of sp³-hybridized carbons (Fsp3) is 0.536. The van der Waals surface area contributed by atoms with E-state index >= 15 is 4.39 Å². The molecule has 0 bridgehead atoms. The Bertz CT molecular complexity index is 905. The minimum Gasteiger partial charge on any atom is -0.507 e. The molecule has 32 heavy (non-hydrogen) atoms. The summed E-state index contributed by atoms with van der Waals surface area (Å²) >= 11 is 0. The lowest BCUT2D eigenvalue weighted by atomic mass is 9.69. The lowest BCUT2D eigenvalue weighted by molar-refractivity contribution is 0.0497. The van der Waals surface area contributed by atoms with Crippen molar-refractivity contribution in [1.29, 1.82) is 0 Å². The first-order chi connectivity index (χ1) is 15.1. The number of carbonyl (C=O) groups excluding carboxylic acids is 1. The molecule has 0 spiro atoms. The van der Waals surface area contributed by atoms with Crippen molar-refractivity contribution < 1.29 is 19.0 Å². The highest BCUT2D eigenvalue weighted by molar-refractivity contribution is 5.90. The maximum absolute atomic E-state index is 15.4. The molecule has 1 aliphatic rings. The summed E-state index contributed by atoms with van der Waals surface area (Å²) < 4.78 is 20.7. The highest BCUT2D eigenvalue weighted by atomic mass is 19.1. The van der Waals surface area contributed by atoms with Crippen LogP contribution in [0.25, 0.3) is 5.83 Å². The molecule has 0 fully saturated rings. The monoisotopic (exact) mass is 442 g/mol. The van der Waals surface area contributed by atoms with Gasteiger partial charge in [-0.1, -0.05) is 58.6 Å². The van der Waals surface area contributed by atoms with Gasteiger partial charge in [-0.25, -0.2) is 9.18 Å². The molecule has 0 radical (unpaired) electrons. The Kier molecular flexibility index (Phi) is 9.30. The van der Waals surface area contributed by atoms with E-state index in [9.17, 15) is 9.90 Å². The van der Waals surface area contributed by atoms with Crippen LogP contribution >= 0.6 is 0 Å². The lowest BCUT2D eigenvalue weighted by Gasteiger charge is -2.36. The van der Waals surface area contributed by atoms with E-state index in [-0.39, 0.29) is 22.3 Å². The molecule has 1 aromatic rings. The third-order valence-corrected chi connectivity index (χ3v) is 6.49. The molecular weight excluding hydrogens is 403 g/mol. The number of benzene rings is 1. The van der Waals surface area contributed by atoms with Crippen molar-refractivity contribution in [2.45, 2.75) is 86.0 Å². The van der Waals surface area contributed by atoms with E-state index in [0.717, 1.165) is 50.5 Å². The zero-order valence-electron chi connectivity index (χ0n) is 20.4. The van der Waals surface area contributed by atoms with Gasteiger partial charge >= 0.3 is 5.97 Å². The number of rotatable bonds is 10. The van der Waals surface area contributed by atoms with Crippen molar-refractivity contribution in [3.8, 4) is 5.75 Å². The molecule has 1 aliphatic carbocycles. The van der Waals surface area contributed by atoms with Gasteiger partial charge in [-0.2, -0.15) is 0 Å². The Hall–Kier alpha value is -2.36. The van der Waals surface area contributed by atoms with Crippen molar-refractivity contribution in [3.63, 3.8) is 0 Å². The highest BCUT2D eigenvalue weighted by Gasteiger charge is 2.31. The second kappa shape index (κ2) is 11.5. The number of hydrogen-bond acceptors (Lipinski definition) is 3. The van der Waals surface area contributed by atoms with Crippen LogP contribution in [-0.2, 0) is 4.74 Å². The number of hydrogen-bond donors (Lipinski definition) is 1. The highest BCUT2D eigenvalue weighted by Crippen LogP contribution is 2.46. The molecule has 176 valence electrons. The zero-order valence-corrected chi connectivity index (χ0v) is 20.4. The van der Waals surface area contributed by atoms with Gasteiger partial charge in [0.1, 0.15) is 11.6 Å². The first-order valence-corrected chi connectivity index (χ1v) is 11.9. The van der Waals surface area contributed by atoms with Crippen molar-refractivity contribution in [1.82, 2.24) is 0 Å². The normalized spacial score (nSPS) is 16.6. The Morgan fingerprint density at radius 3 is 2.53 bits per heavy atom. The molecule has 3 nitrogen and oxygen atoms in total. The summed E-state index contributed by atoms with van der Waals surface area (Å²) in [5, 5.41) is 10.5. The number of esters is 1. The fourth-order valence-electron chi connectivity index (χ4n) is 4.61. The number of aromatic hydroxyl groups is 1. The number of phenolic OH excluding ortho intramolecular Hbond substituents is 1. The van der Waals surface area contributed by atoms with Crippen molar-refractivity contribution in [2.24, 2.45) is 5.41 Å². The summed E-state index contributed by atoms with van der Waals surface area (Å²) in [7, 11) is 0. The van der Waals surface area contributed by atoms with Gasteiger partial charge in [-0.05, 0) is 79.9 Å². The number of ether oxygens (including phenoxy) is 1. The van der Waals surface area contributed by atoms with E-state index in [1.54, 1.807) is 6.92 Å². The van der Waals surface area contributed by atoms with E-state index in [4.69, 9.17) is 4.74 Å². The van der Waals surface area contributed by atoms with E-state index in [2.05, 4.69) is 34.3 Å². The van der Waals surface area contributed by atoms with Crippen LogP contribution in [-0.4, -0.2) is 17.7 Å². The smallest absolute Gasteiger partial charge is 0.338 e. The summed E-state index contributed by atoms with van der Waals surface area (Å²) in [4.78, 5) is 12.3. The van der Waals surface area contributed by atoms with Gasteiger partial charge in [0.25, 0.3) is 0 Å². The summed E-state index contributed by atoms with van der Waals surface area (Å²) in [5.74, 6) is -1.30. The third-order valence-electron chi connectivity index (χ3n) is 6.49. The molecule has 1 aromatic carbocycles. The Morgan fingerprint density at radius 2 is 1.91 bits per heavy atom. The molecule has 2 rings (SSSR count). The fourth-order valence-corrected chi connectivity index (χ4v) is 4.61. The lowest BCUT2D eigenvalue weighted by Crippen LogP contribution is -2.22. The Labute approximate surface area is 193 Å². The molecule has 4 heteroatoms. The topological polar surface area (TPSA) is 46.5 Å². The number of carbonyl (C=O) groups is 1. The summed E-state index contributed by atoms with van der Waals surface area (Å²) in [6.45, 7) is 14.8. The summed E-state index contributed by atoms with van der Waals surface area (Å²) in [6.07, 6.45) is 8.48. The maximum atomic E-state index is 15.4. The van der Waals surface area contributed by atoms with Crippen LogP contribution in [0.2, 0.25) is 0 Å². The van der Waals surface area contributed by atoms with Gasteiger partial charge in [0.2, 0.25) is 0 Å². The average Bonchev–Trinajstić information content (AvgIpc) is 2.74. The van der Waals surface area contributed by atoms with Gasteiger partial charge in [0, 0.05) is 0 Å². The molecule has 0 unspecified atom stereocenters. The van der Waals surface area contributed by atoms with Gasteiger partial charge in [0.15, 0.2) is 0 Å². The van der Waals surface area contributed by atoms with Gasteiger partial charge in [-0.15, -0.1) is 0 Å². The zero-order chi connectivity index (χ0) is 23.9. The van der Waals surface area contributed by atoms with E-state index in [1.807, 2.05) is 0 Å². The van der Waals surface area contributed by atoms with Crippen LogP contribution in [0.5, 0.6) is 5.75 Å². The van der Waals surface area contributed by atoms with Crippen LogP contribution in [0, 0.1) is 5.41 Å². The van der Waals surface area contributed by atoms with Crippen LogP contribution in [0.15, 0.2) is 47.1 Å². The van der Waals surface area contributed by atoms with E-state index < -0.39 is 11.8 Å². The first-order valence-electron chi connectivity index (χ1n) is 11.9. The van der Waals surface area contributed by atoms with Crippen LogP contribution in [0.4, 0.5) is 4.39 Å². The minimum atomic E-state index is -0.523. The minimum absolute atomic E-state index is 0.0617. The quantitative estimate of drug-likeness (QED) is 0.225. The molecule has 0 heterocycles. The summed E-state index contributed by atoms with van der Waals surface area (Å²) in [6, 6.07) is 4.21. The van der Waals surface area contributed by atoms with E-state index in [1.165, 1.54) is 30.2 Å². The first kappa shape index (κ1) is 25.9. The van der Waals surface area contributed by atoms with Gasteiger partial charge in [-0.3, -0.25) is 0 Å². The molecule has 0 saturated carbocycles. The SMILES string of the molecule is C=C(C1=C(C)CCCC1(C)C)/C(C)=C(\F)c1ccc(C(=O)OCCCCCCC)cc1O. The molecule has 0 amide bonds. The summed E-state index contributed by atoms with van der Waals surface area (Å²) in [5.41, 5.74) is 3.66. The van der Waals surface area contributed by atoms with Crippen LogP contribution in [0.1, 0.15) is 102 Å². The second-order valence-corrected chi connectivity index (χ2v) is 9.59. The maximum Gasteiger partial charge on any atom is 0.338 e. The predicted octanol–water partition coefficient (Wildman–Crippen LogP) is 8.30. The van der Waals surface area contributed by atoms with Crippen molar-refractivity contribution in [2.75, 3.05) is 6.61 Å². The molecule has 0 atom stereocenters. The van der Waals surface area contributed by atoms with Crippen molar-refractivity contribution in [3.05, 3.63) is 58.2 Å². The molecule has 0 aliphatic heterocycles. The molecule has 0 saturated heterocycles. The number of unbranched alkanes of at least 4 members (excludes halogenated alkanes) is 4. The van der Waals surface area contributed by atoms with Gasteiger partial charge < -0.3 is 9.84 Å².